The first-order valence-electron chi connectivity index (χ1n) is 17.0. The first-order valence-corrected chi connectivity index (χ1v) is 17.0. The van der Waals surface area contributed by atoms with E-state index in [0.717, 1.165) is 12.8 Å². The lowest BCUT2D eigenvalue weighted by atomic mass is 10.0. The predicted molar refractivity (Wildman–Crippen MR) is 171 cm³/mol. The van der Waals surface area contributed by atoms with E-state index < -0.39 is 11.6 Å². The summed E-state index contributed by atoms with van der Waals surface area (Å²) in [6.45, 7) is 15.2. The monoisotopic (exact) mass is 562 g/mol. The van der Waals surface area contributed by atoms with Crippen LogP contribution in [0.2, 0.25) is 0 Å². The fourth-order valence-electron chi connectivity index (χ4n) is 5.78. The second-order valence-electron chi connectivity index (χ2n) is 11.8. The van der Waals surface area contributed by atoms with Gasteiger partial charge in [0, 0.05) is 39.3 Å². The second-order valence-corrected chi connectivity index (χ2v) is 11.8. The van der Waals surface area contributed by atoms with Crippen molar-refractivity contribution in [2.75, 3.05) is 26.4 Å². The normalized spacial score (nSPS) is 12.3. The van der Waals surface area contributed by atoms with Crippen LogP contribution < -0.4 is 0 Å². The minimum Gasteiger partial charge on any atom is -0.351 e. The van der Waals surface area contributed by atoms with Gasteiger partial charge in [0.2, 0.25) is 0 Å². The minimum absolute atomic E-state index is 0.392. The molecule has 0 aliphatic carbocycles. The van der Waals surface area contributed by atoms with Gasteiger partial charge in [-0.3, -0.25) is 0 Å². The zero-order valence-corrected chi connectivity index (χ0v) is 27.5. The SMILES string of the molecule is CCOC(C)(CCCCCCCCCc1ccc(CCCCCCCCCC(C)(OCC)OCC)cc1)OCC. The number of ether oxygens (including phenoxy) is 4. The molecule has 0 saturated heterocycles. The molecule has 40 heavy (non-hydrogen) atoms. The maximum atomic E-state index is 5.81. The molecule has 0 unspecified atom stereocenters. The van der Waals surface area contributed by atoms with Crippen LogP contribution >= 0.6 is 0 Å². The summed E-state index contributed by atoms with van der Waals surface area (Å²) in [6, 6.07) is 9.45. The van der Waals surface area contributed by atoms with Crippen molar-refractivity contribution in [3.8, 4) is 0 Å². The molecule has 1 rings (SSSR count). The van der Waals surface area contributed by atoms with Crippen LogP contribution in [-0.4, -0.2) is 38.0 Å². The fraction of sp³-hybridized carbons (Fsp3) is 0.833. The third kappa shape index (κ3) is 18.5. The summed E-state index contributed by atoms with van der Waals surface area (Å²) in [5, 5.41) is 0. The van der Waals surface area contributed by atoms with E-state index in [2.05, 4.69) is 38.1 Å². The molecule has 4 nitrogen and oxygen atoms in total. The number of unbranched alkanes of at least 4 members (excludes halogenated alkanes) is 12. The highest BCUT2D eigenvalue weighted by molar-refractivity contribution is 5.22. The summed E-state index contributed by atoms with van der Waals surface area (Å²) in [4.78, 5) is 0. The smallest absolute Gasteiger partial charge is 0.165 e. The van der Waals surface area contributed by atoms with Crippen LogP contribution in [0.25, 0.3) is 0 Å². The molecule has 0 aliphatic rings. The minimum atomic E-state index is -0.392. The van der Waals surface area contributed by atoms with E-state index in [1.807, 2.05) is 27.7 Å². The Labute approximate surface area is 249 Å². The van der Waals surface area contributed by atoms with Gasteiger partial charge in [-0.2, -0.15) is 0 Å². The standard InChI is InChI=1S/C36H66O4/c1-7-37-35(5,38-8-2)31-23-19-15-11-13-17-21-25-33-27-29-34(30-28-33)26-22-18-14-12-16-20-24-32-36(6,39-9-3)40-10-4/h27-30H,7-26,31-32H2,1-6H3. The molecule has 0 radical (unpaired) electrons. The van der Waals surface area contributed by atoms with E-state index >= 15 is 0 Å². The maximum Gasteiger partial charge on any atom is 0.165 e. The first kappa shape index (κ1) is 37.1. The molecular formula is C36H66O4. The zero-order chi connectivity index (χ0) is 29.4. The Balaban J connectivity index is 2.01. The molecule has 0 saturated carbocycles. The van der Waals surface area contributed by atoms with E-state index in [-0.39, 0.29) is 0 Å². The molecule has 0 N–H and O–H groups in total. The Hall–Kier alpha value is -0.940. The average molecular weight is 563 g/mol. The lowest BCUT2D eigenvalue weighted by Gasteiger charge is -2.29. The van der Waals surface area contributed by atoms with E-state index in [4.69, 9.17) is 18.9 Å². The Morgan fingerprint density at radius 2 is 0.650 bits per heavy atom. The van der Waals surface area contributed by atoms with Gasteiger partial charge in [-0.15, -0.1) is 0 Å². The number of hydrogen-bond donors (Lipinski definition) is 0. The molecule has 1 aromatic rings. The maximum absolute atomic E-state index is 5.81. The van der Waals surface area contributed by atoms with Crippen LogP contribution in [0.15, 0.2) is 24.3 Å². The molecule has 1 aromatic carbocycles. The molecule has 0 spiro atoms. The predicted octanol–water partition coefficient (Wildman–Crippen LogP) is 10.6. The van der Waals surface area contributed by atoms with Gasteiger partial charge in [-0.1, -0.05) is 88.5 Å². The van der Waals surface area contributed by atoms with Crippen LogP contribution in [0.5, 0.6) is 0 Å². The third-order valence-corrected chi connectivity index (χ3v) is 8.01. The van der Waals surface area contributed by atoms with Gasteiger partial charge in [-0.05, 0) is 91.2 Å². The van der Waals surface area contributed by atoms with Crippen molar-refractivity contribution in [3.05, 3.63) is 35.4 Å². The summed E-state index contributed by atoms with van der Waals surface area (Å²) in [7, 11) is 0. The molecule has 0 heterocycles. The molecule has 0 atom stereocenters. The highest BCUT2D eigenvalue weighted by Crippen LogP contribution is 2.23. The summed E-state index contributed by atoms with van der Waals surface area (Å²) >= 11 is 0. The zero-order valence-electron chi connectivity index (χ0n) is 27.5. The quantitative estimate of drug-likeness (QED) is 0.0752. The lowest BCUT2D eigenvalue weighted by molar-refractivity contribution is -0.225. The molecule has 0 fully saturated rings. The average Bonchev–Trinajstić information content (AvgIpc) is 2.92. The molecular weight excluding hydrogens is 496 g/mol. The molecule has 234 valence electrons. The summed E-state index contributed by atoms with van der Waals surface area (Å²) in [5.41, 5.74) is 3.00. The third-order valence-electron chi connectivity index (χ3n) is 8.01. The second kappa shape index (κ2) is 23.6. The molecule has 0 amide bonds. The number of aryl methyl sites for hydroxylation is 2. The molecule has 0 aromatic heterocycles. The van der Waals surface area contributed by atoms with Crippen molar-refractivity contribution in [3.63, 3.8) is 0 Å². The van der Waals surface area contributed by atoms with Crippen molar-refractivity contribution in [2.45, 2.75) is 169 Å². The summed E-state index contributed by atoms with van der Waals surface area (Å²) in [6.07, 6.45) is 22.7. The highest BCUT2D eigenvalue weighted by atomic mass is 16.7. The molecule has 0 aliphatic heterocycles. The molecule has 0 bridgehead atoms. The van der Waals surface area contributed by atoms with Crippen molar-refractivity contribution < 1.29 is 18.9 Å². The topological polar surface area (TPSA) is 36.9 Å². The van der Waals surface area contributed by atoms with Gasteiger partial charge in [0.1, 0.15) is 0 Å². The van der Waals surface area contributed by atoms with Crippen molar-refractivity contribution >= 4 is 0 Å². The van der Waals surface area contributed by atoms with E-state index in [9.17, 15) is 0 Å². The van der Waals surface area contributed by atoms with Gasteiger partial charge in [0.05, 0.1) is 0 Å². The number of rotatable bonds is 28. The van der Waals surface area contributed by atoms with Gasteiger partial charge in [0.25, 0.3) is 0 Å². The number of benzene rings is 1. The van der Waals surface area contributed by atoms with E-state index in [1.54, 1.807) is 0 Å². The molecule has 4 heteroatoms. The largest absolute Gasteiger partial charge is 0.351 e. The van der Waals surface area contributed by atoms with Gasteiger partial charge < -0.3 is 18.9 Å². The highest BCUT2D eigenvalue weighted by Gasteiger charge is 2.24. The fourth-order valence-corrected chi connectivity index (χ4v) is 5.78. The Morgan fingerprint density at radius 3 is 0.925 bits per heavy atom. The lowest BCUT2D eigenvalue weighted by Crippen LogP contribution is -2.32. The first-order chi connectivity index (χ1) is 19.4. The Kier molecular flexibility index (Phi) is 21.9. The van der Waals surface area contributed by atoms with E-state index in [1.165, 1.54) is 114 Å². The van der Waals surface area contributed by atoms with E-state index in [0.29, 0.717) is 26.4 Å². The summed E-state index contributed by atoms with van der Waals surface area (Å²) in [5.74, 6) is -0.784. The summed E-state index contributed by atoms with van der Waals surface area (Å²) < 4.78 is 23.3. The van der Waals surface area contributed by atoms with Crippen LogP contribution in [0, 0.1) is 0 Å². The van der Waals surface area contributed by atoms with Gasteiger partial charge in [-0.25, -0.2) is 0 Å². The van der Waals surface area contributed by atoms with Crippen molar-refractivity contribution in [2.24, 2.45) is 0 Å². The van der Waals surface area contributed by atoms with Crippen molar-refractivity contribution in [1.82, 2.24) is 0 Å². The van der Waals surface area contributed by atoms with Gasteiger partial charge >= 0.3 is 0 Å². The number of hydrogen-bond acceptors (Lipinski definition) is 4. The van der Waals surface area contributed by atoms with Crippen LogP contribution in [-0.2, 0) is 31.8 Å². The Bertz CT molecular complexity index is 616. The Morgan fingerprint density at radius 1 is 0.400 bits per heavy atom. The van der Waals surface area contributed by atoms with Crippen molar-refractivity contribution in [1.29, 1.82) is 0 Å². The van der Waals surface area contributed by atoms with Crippen LogP contribution in [0.3, 0.4) is 0 Å². The van der Waals surface area contributed by atoms with Gasteiger partial charge in [0.15, 0.2) is 11.6 Å². The van der Waals surface area contributed by atoms with Crippen LogP contribution in [0.4, 0.5) is 0 Å². The van der Waals surface area contributed by atoms with Crippen LogP contribution in [0.1, 0.15) is 155 Å².